The number of rotatable bonds is 5. The van der Waals surface area contributed by atoms with Crippen molar-refractivity contribution in [2.75, 3.05) is 19.8 Å². The second kappa shape index (κ2) is 5.98. The van der Waals surface area contributed by atoms with E-state index in [4.69, 9.17) is 9.47 Å². The van der Waals surface area contributed by atoms with Crippen LogP contribution in [0.4, 0.5) is 0 Å². The van der Waals surface area contributed by atoms with E-state index in [1.807, 2.05) is 13.2 Å². The van der Waals surface area contributed by atoms with Crippen LogP contribution in [0.25, 0.3) is 11.4 Å². The fraction of sp³-hybridized carbons (Fsp3) is 0.636. The van der Waals surface area contributed by atoms with Crippen molar-refractivity contribution in [2.24, 2.45) is 7.05 Å². The predicted molar refractivity (Wildman–Crippen MR) is 72.9 cm³/mol. The smallest absolute Gasteiger partial charge is 0.158 e. The standard InChI is InChI=1S/C11H15BrN6O2/c1-17-10(11(12)14-15-17)9-6-18(16-13-9)3-5-20-8-2-4-19-7-8/h6,8H,2-5,7H2,1H3. The van der Waals surface area contributed by atoms with Gasteiger partial charge in [0.1, 0.15) is 11.4 Å². The Hall–Kier alpha value is -1.32. The van der Waals surface area contributed by atoms with Gasteiger partial charge in [-0.15, -0.1) is 10.2 Å². The normalized spacial score (nSPS) is 18.8. The average Bonchev–Trinajstić information content (AvgIpc) is 3.13. The fourth-order valence-electron chi connectivity index (χ4n) is 2.08. The highest BCUT2D eigenvalue weighted by Gasteiger charge is 2.16. The van der Waals surface area contributed by atoms with Crippen LogP contribution in [0.3, 0.4) is 0 Å². The zero-order chi connectivity index (χ0) is 13.9. The topological polar surface area (TPSA) is 79.9 Å². The van der Waals surface area contributed by atoms with Gasteiger partial charge in [0.25, 0.3) is 0 Å². The third-order valence-electron chi connectivity index (χ3n) is 3.13. The van der Waals surface area contributed by atoms with Crippen molar-refractivity contribution in [3.05, 3.63) is 10.8 Å². The van der Waals surface area contributed by atoms with Crippen molar-refractivity contribution in [3.8, 4) is 11.4 Å². The first-order valence-electron chi connectivity index (χ1n) is 6.39. The van der Waals surface area contributed by atoms with Crippen LogP contribution in [-0.2, 0) is 23.1 Å². The fourth-order valence-corrected chi connectivity index (χ4v) is 2.61. The second-order valence-corrected chi connectivity index (χ2v) is 5.33. The Labute approximate surface area is 124 Å². The molecule has 1 saturated heterocycles. The molecule has 2 aromatic rings. The summed E-state index contributed by atoms with van der Waals surface area (Å²) < 4.78 is 15.0. The van der Waals surface area contributed by atoms with Crippen LogP contribution in [0.1, 0.15) is 6.42 Å². The minimum absolute atomic E-state index is 0.216. The molecule has 0 aromatic carbocycles. The van der Waals surface area contributed by atoms with Crippen molar-refractivity contribution in [1.29, 1.82) is 0 Å². The molecule has 108 valence electrons. The SMILES string of the molecule is Cn1nnc(Br)c1-c1cn(CCOC2CCOC2)nn1. The zero-order valence-corrected chi connectivity index (χ0v) is 12.7. The van der Waals surface area contributed by atoms with Gasteiger partial charge in [-0.1, -0.05) is 10.4 Å². The minimum atomic E-state index is 0.216. The molecule has 2 aromatic heterocycles. The first-order valence-corrected chi connectivity index (χ1v) is 7.18. The third-order valence-corrected chi connectivity index (χ3v) is 3.66. The van der Waals surface area contributed by atoms with Gasteiger partial charge in [0.15, 0.2) is 4.60 Å². The Morgan fingerprint density at radius 2 is 2.35 bits per heavy atom. The first kappa shape index (κ1) is 13.7. The van der Waals surface area contributed by atoms with Crippen molar-refractivity contribution < 1.29 is 9.47 Å². The highest BCUT2D eigenvalue weighted by Crippen LogP contribution is 2.22. The Morgan fingerprint density at radius 1 is 1.45 bits per heavy atom. The number of halogens is 1. The maximum atomic E-state index is 5.70. The molecule has 0 aliphatic carbocycles. The molecule has 1 aliphatic heterocycles. The van der Waals surface area contributed by atoms with Gasteiger partial charge in [0, 0.05) is 13.7 Å². The summed E-state index contributed by atoms with van der Waals surface area (Å²) in [6.07, 6.45) is 3.04. The van der Waals surface area contributed by atoms with Crippen molar-refractivity contribution >= 4 is 15.9 Å². The van der Waals surface area contributed by atoms with E-state index in [1.165, 1.54) is 0 Å². The Bertz CT molecular complexity index is 558. The second-order valence-electron chi connectivity index (χ2n) is 4.58. The van der Waals surface area contributed by atoms with Gasteiger partial charge in [-0.25, -0.2) is 9.36 Å². The molecule has 0 amide bonds. The molecule has 9 heteroatoms. The molecular formula is C11H15BrN6O2. The highest BCUT2D eigenvalue weighted by molar-refractivity contribution is 9.10. The summed E-state index contributed by atoms with van der Waals surface area (Å²) in [6, 6.07) is 0. The minimum Gasteiger partial charge on any atom is -0.379 e. The van der Waals surface area contributed by atoms with E-state index in [2.05, 4.69) is 36.6 Å². The van der Waals surface area contributed by atoms with Crippen molar-refractivity contribution in [3.63, 3.8) is 0 Å². The van der Waals surface area contributed by atoms with Crippen molar-refractivity contribution in [1.82, 2.24) is 30.0 Å². The average molecular weight is 343 g/mol. The molecule has 8 nitrogen and oxygen atoms in total. The van der Waals surface area contributed by atoms with Gasteiger partial charge in [-0.3, -0.25) is 0 Å². The van der Waals surface area contributed by atoms with Crippen molar-refractivity contribution in [2.45, 2.75) is 19.1 Å². The van der Waals surface area contributed by atoms with Crippen LogP contribution in [0.2, 0.25) is 0 Å². The molecule has 20 heavy (non-hydrogen) atoms. The lowest BCUT2D eigenvalue weighted by molar-refractivity contribution is 0.0369. The van der Waals surface area contributed by atoms with E-state index >= 15 is 0 Å². The van der Waals surface area contributed by atoms with Gasteiger partial charge in [0.05, 0.1) is 32.1 Å². The summed E-state index contributed by atoms with van der Waals surface area (Å²) in [5, 5.41) is 16.1. The summed E-state index contributed by atoms with van der Waals surface area (Å²) in [4.78, 5) is 0. The van der Waals surface area contributed by atoms with E-state index in [0.29, 0.717) is 24.4 Å². The van der Waals surface area contributed by atoms with Crippen LogP contribution in [0, 0.1) is 0 Å². The summed E-state index contributed by atoms with van der Waals surface area (Å²) in [5.74, 6) is 0. The van der Waals surface area contributed by atoms with Gasteiger partial charge in [-0.2, -0.15) is 0 Å². The lowest BCUT2D eigenvalue weighted by atomic mass is 10.3. The highest BCUT2D eigenvalue weighted by atomic mass is 79.9. The van der Waals surface area contributed by atoms with Crippen LogP contribution in [0.15, 0.2) is 10.8 Å². The summed E-state index contributed by atoms with van der Waals surface area (Å²) in [6.45, 7) is 2.74. The first-order chi connectivity index (χ1) is 9.74. The molecular weight excluding hydrogens is 328 g/mol. The largest absolute Gasteiger partial charge is 0.379 e. The van der Waals surface area contributed by atoms with Gasteiger partial charge in [0.2, 0.25) is 0 Å². The lowest BCUT2D eigenvalue weighted by Gasteiger charge is -2.08. The maximum absolute atomic E-state index is 5.70. The number of aromatic nitrogens is 6. The number of nitrogens with zero attached hydrogens (tertiary/aromatic N) is 6. The molecule has 0 N–H and O–H groups in total. The van der Waals surface area contributed by atoms with Crippen LogP contribution in [0.5, 0.6) is 0 Å². The van der Waals surface area contributed by atoms with E-state index in [9.17, 15) is 0 Å². The lowest BCUT2D eigenvalue weighted by Crippen LogP contribution is -2.16. The molecule has 0 bridgehead atoms. The van der Waals surface area contributed by atoms with Crippen LogP contribution >= 0.6 is 15.9 Å². The summed E-state index contributed by atoms with van der Waals surface area (Å²) >= 11 is 3.35. The predicted octanol–water partition coefficient (Wildman–Crippen LogP) is 0.642. The van der Waals surface area contributed by atoms with Gasteiger partial charge < -0.3 is 9.47 Å². The molecule has 3 heterocycles. The monoisotopic (exact) mass is 342 g/mol. The molecule has 1 aliphatic rings. The van der Waals surface area contributed by atoms with E-state index in [1.54, 1.807) is 9.36 Å². The Morgan fingerprint density at radius 3 is 3.05 bits per heavy atom. The van der Waals surface area contributed by atoms with Crippen LogP contribution < -0.4 is 0 Å². The van der Waals surface area contributed by atoms with Crippen LogP contribution in [-0.4, -0.2) is 55.9 Å². The molecule has 1 atom stereocenters. The molecule has 0 radical (unpaired) electrons. The third kappa shape index (κ3) is 2.89. The molecule has 3 rings (SSSR count). The molecule has 0 saturated carbocycles. The quantitative estimate of drug-likeness (QED) is 0.793. The Balaban J connectivity index is 1.59. The number of hydrogen-bond donors (Lipinski definition) is 0. The zero-order valence-electron chi connectivity index (χ0n) is 11.1. The number of aryl methyl sites for hydroxylation is 1. The van der Waals surface area contributed by atoms with Gasteiger partial charge >= 0.3 is 0 Å². The molecule has 0 spiro atoms. The van der Waals surface area contributed by atoms with E-state index in [0.717, 1.165) is 24.4 Å². The Kier molecular flexibility index (Phi) is 4.08. The molecule has 1 fully saturated rings. The maximum Gasteiger partial charge on any atom is 0.158 e. The van der Waals surface area contributed by atoms with Gasteiger partial charge in [-0.05, 0) is 22.4 Å². The van der Waals surface area contributed by atoms with E-state index < -0.39 is 0 Å². The number of ether oxygens (including phenoxy) is 2. The summed E-state index contributed by atoms with van der Waals surface area (Å²) in [5.41, 5.74) is 1.54. The van der Waals surface area contributed by atoms with E-state index in [-0.39, 0.29) is 6.10 Å². The number of hydrogen-bond acceptors (Lipinski definition) is 6. The summed E-state index contributed by atoms with van der Waals surface area (Å²) in [7, 11) is 1.81. The molecule has 1 unspecified atom stereocenters.